The predicted molar refractivity (Wildman–Crippen MR) is 117 cm³/mol. The van der Waals surface area contributed by atoms with Crippen LogP contribution in [-0.4, -0.2) is 17.7 Å². The lowest BCUT2D eigenvalue weighted by atomic mass is 9.94. The molecule has 1 amide bonds. The second kappa shape index (κ2) is 7.15. The van der Waals surface area contributed by atoms with E-state index in [4.69, 9.17) is 15.2 Å². The van der Waals surface area contributed by atoms with Gasteiger partial charge >= 0.3 is 0 Å². The first-order chi connectivity index (χ1) is 14.6. The predicted octanol–water partition coefficient (Wildman–Crippen LogP) is 4.16. The Bertz CT molecular complexity index is 1130. The molecular formula is C24H25N3O3. The molecule has 3 N–H and O–H groups in total. The van der Waals surface area contributed by atoms with Gasteiger partial charge in [-0.3, -0.25) is 4.79 Å². The van der Waals surface area contributed by atoms with Crippen LogP contribution in [0.3, 0.4) is 0 Å². The van der Waals surface area contributed by atoms with Crippen molar-refractivity contribution in [3.8, 4) is 22.6 Å². The summed E-state index contributed by atoms with van der Waals surface area (Å²) in [6.07, 6.45) is 1.62. The van der Waals surface area contributed by atoms with E-state index >= 15 is 0 Å². The van der Waals surface area contributed by atoms with Gasteiger partial charge in [0.2, 0.25) is 12.7 Å². The SMILES string of the molecule is Cc1nc(NC(=O)C2(c3ccc4c(c3)OCO4)CC2)ccc1-c1ccc(CN)cc1.[HH]. The highest BCUT2D eigenvalue weighted by molar-refractivity contribution is 6.01. The van der Waals surface area contributed by atoms with Crippen LogP contribution in [0.2, 0.25) is 0 Å². The van der Waals surface area contributed by atoms with Gasteiger partial charge in [0.1, 0.15) is 5.82 Å². The summed E-state index contributed by atoms with van der Waals surface area (Å²) in [5, 5.41) is 3.01. The van der Waals surface area contributed by atoms with Gasteiger partial charge in [0.25, 0.3) is 0 Å². The molecule has 5 rings (SSSR count). The van der Waals surface area contributed by atoms with Gasteiger partial charge in [-0.05, 0) is 60.7 Å². The number of rotatable bonds is 5. The first-order valence-electron chi connectivity index (χ1n) is 10.1. The zero-order chi connectivity index (χ0) is 20.7. The number of aromatic nitrogens is 1. The maximum atomic E-state index is 13.1. The van der Waals surface area contributed by atoms with Gasteiger partial charge in [-0.1, -0.05) is 30.3 Å². The molecule has 6 heteroatoms. The maximum absolute atomic E-state index is 13.1. The highest BCUT2D eigenvalue weighted by Crippen LogP contribution is 2.51. The molecule has 0 radical (unpaired) electrons. The normalized spacial score (nSPS) is 15.7. The molecule has 0 bridgehead atoms. The summed E-state index contributed by atoms with van der Waals surface area (Å²) in [6.45, 7) is 2.70. The van der Waals surface area contributed by atoms with Crippen molar-refractivity contribution in [3.63, 3.8) is 0 Å². The Morgan fingerprint density at radius 1 is 1.10 bits per heavy atom. The van der Waals surface area contributed by atoms with Crippen LogP contribution < -0.4 is 20.5 Å². The summed E-state index contributed by atoms with van der Waals surface area (Å²) < 4.78 is 10.8. The lowest BCUT2D eigenvalue weighted by Crippen LogP contribution is -2.28. The van der Waals surface area contributed by atoms with Crippen LogP contribution in [0.1, 0.15) is 31.1 Å². The first-order valence-corrected chi connectivity index (χ1v) is 10.1. The van der Waals surface area contributed by atoms with Crippen molar-refractivity contribution in [1.29, 1.82) is 0 Å². The monoisotopic (exact) mass is 403 g/mol. The number of carbonyl (C=O) groups is 1. The van der Waals surface area contributed by atoms with Crippen molar-refractivity contribution in [2.24, 2.45) is 5.73 Å². The molecule has 2 aliphatic rings. The van der Waals surface area contributed by atoms with Crippen LogP contribution in [0, 0.1) is 6.92 Å². The molecule has 1 saturated carbocycles. The largest absolute Gasteiger partial charge is 0.454 e. The summed E-state index contributed by atoms with van der Waals surface area (Å²) in [4.78, 5) is 17.7. The number of ether oxygens (including phenoxy) is 2. The van der Waals surface area contributed by atoms with Crippen molar-refractivity contribution >= 4 is 11.7 Å². The minimum atomic E-state index is -0.521. The number of carbonyl (C=O) groups excluding carboxylic acids is 1. The number of nitrogens with zero attached hydrogens (tertiary/aromatic N) is 1. The Kier molecular flexibility index (Phi) is 4.44. The summed E-state index contributed by atoms with van der Waals surface area (Å²) in [5.41, 5.74) is 10.2. The van der Waals surface area contributed by atoms with Crippen LogP contribution in [-0.2, 0) is 16.8 Å². The Hall–Kier alpha value is -3.38. The molecule has 0 spiro atoms. The number of hydrogen-bond acceptors (Lipinski definition) is 5. The smallest absolute Gasteiger partial charge is 0.236 e. The number of aryl methyl sites for hydroxylation is 1. The minimum Gasteiger partial charge on any atom is -0.454 e. The van der Waals surface area contributed by atoms with Crippen molar-refractivity contribution in [2.75, 3.05) is 12.1 Å². The highest BCUT2D eigenvalue weighted by atomic mass is 16.7. The van der Waals surface area contributed by atoms with E-state index in [1.807, 2.05) is 61.5 Å². The quantitative estimate of drug-likeness (QED) is 0.668. The number of fused-ring (bicyclic) bond motifs is 1. The third-order valence-corrected chi connectivity index (χ3v) is 5.94. The molecule has 154 valence electrons. The van der Waals surface area contributed by atoms with Crippen molar-refractivity contribution < 1.29 is 15.7 Å². The third kappa shape index (κ3) is 3.19. The van der Waals surface area contributed by atoms with Gasteiger partial charge < -0.3 is 20.5 Å². The van der Waals surface area contributed by atoms with E-state index in [9.17, 15) is 4.79 Å². The van der Waals surface area contributed by atoms with Crippen LogP contribution in [0.4, 0.5) is 5.82 Å². The number of amides is 1. The average molecular weight is 403 g/mol. The molecule has 0 saturated heterocycles. The first kappa shape index (κ1) is 18.6. The van der Waals surface area contributed by atoms with E-state index in [0.29, 0.717) is 18.1 Å². The summed E-state index contributed by atoms with van der Waals surface area (Å²) in [6, 6.07) is 17.7. The van der Waals surface area contributed by atoms with Gasteiger partial charge in [0.15, 0.2) is 11.5 Å². The lowest BCUT2D eigenvalue weighted by Gasteiger charge is -2.16. The number of hydrogen-bond donors (Lipinski definition) is 2. The molecule has 1 fully saturated rings. The molecule has 3 aromatic rings. The molecule has 0 unspecified atom stereocenters. The molecule has 0 atom stereocenters. The molecule has 1 aliphatic carbocycles. The van der Waals surface area contributed by atoms with E-state index in [0.717, 1.165) is 46.5 Å². The van der Waals surface area contributed by atoms with Crippen LogP contribution >= 0.6 is 0 Å². The van der Waals surface area contributed by atoms with Crippen LogP contribution in [0.15, 0.2) is 54.6 Å². The molecule has 30 heavy (non-hydrogen) atoms. The highest BCUT2D eigenvalue weighted by Gasteiger charge is 2.51. The van der Waals surface area contributed by atoms with Gasteiger partial charge in [-0.2, -0.15) is 0 Å². The topological polar surface area (TPSA) is 86.5 Å². The van der Waals surface area contributed by atoms with Crippen LogP contribution in [0.25, 0.3) is 11.1 Å². The summed E-state index contributed by atoms with van der Waals surface area (Å²) >= 11 is 0. The molecular weight excluding hydrogens is 378 g/mol. The second-order valence-corrected chi connectivity index (χ2v) is 7.83. The number of benzene rings is 2. The number of pyridine rings is 1. The standard InChI is InChI=1S/C24H23N3O3.H2/c1-15-19(17-4-2-16(13-25)3-5-17)7-9-22(26-15)27-23(28)24(10-11-24)18-6-8-20-21(12-18)30-14-29-20;/h2-9,12H,10-11,13-14,25H2,1H3,(H,26,27,28);1H. The Balaban J connectivity index is 0.00000231. The molecule has 2 aromatic carbocycles. The van der Waals surface area contributed by atoms with Gasteiger partial charge in [-0.15, -0.1) is 0 Å². The van der Waals surface area contributed by atoms with Gasteiger partial charge in [0, 0.05) is 19.2 Å². The minimum absolute atomic E-state index is 0. The summed E-state index contributed by atoms with van der Waals surface area (Å²) in [7, 11) is 0. The lowest BCUT2D eigenvalue weighted by molar-refractivity contribution is -0.118. The zero-order valence-corrected chi connectivity index (χ0v) is 16.8. The van der Waals surface area contributed by atoms with E-state index in [1.165, 1.54) is 0 Å². The van der Waals surface area contributed by atoms with E-state index < -0.39 is 5.41 Å². The summed E-state index contributed by atoms with van der Waals surface area (Å²) in [5.74, 6) is 1.95. The fourth-order valence-corrected chi connectivity index (χ4v) is 3.96. The van der Waals surface area contributed by atoms with Crippen molar-refractivity contribution in [3.05, 3.63) is 71.4 Å². The molecule has 1 aliphatic heterocycles. The number of nitrogens with one attached hydrogen (secondary N) is 1. The molecule has 6 nitrogen and oxygen atoms in total. The van der Waals surface area contributed by atoms with E-state index in [2.05, 4.69) is 10.3 Å². The Morgan fingerprint density at radius 2 is 1.87 bits per heavy atom. The van der Waals surface area contributed by atoms with E-state index in [1.54, 1.807) is 0 Å². The average Bonchev–Trinajstić information content (AvgIpc) is 3.45. The molecule has 1 aromatic heterocycles. The van der Waals surface area contributed by atoms with E-state index in [-0.39, 0.29) is 14.1 Å². The molecule has 2 heterocycles. The Morgan fingerprint density at radius 3 is 2.57 bits per heavy atom. The van der Waals surface area contributed by atoms with Gasteiger partial charge in [0.05, 0.1) is 5.41 Å². The van der Waals surface area contributed by atoms with Crippen LogP contribution in [0.5, 0.6) is 11.5 Å². The zero-order valence-electron chi connectivity index (χ0n) is 16.8. The van der Waals surface area contributed by atoms with Crippen molar-refractivity contribution in [1.82, 2.24) is 4.98 Å². The Labute approximate surface area is 176 Å². The van der Waals surface area contributed by atoms with Crippen molar-refractivity contribution in [2.45, 2.75) is 31.7 Å². The fraction of sp³-hybridized carbons (Fsp3) is 0.250. The fourth-order valence-electron chi connectivity index (χ4n) is 3.96. The third-order valence-electron chi connectivity index (χ3n) is 5.94. The number of nitrogens with two attached hydrogens (primary N) is 1. The second-order valence-electron chi connectivity index (χ2n) is 7.83. The number of anilines is 1. The van der Waals surface area contributed by atoms with Gasteiger partial charge in [-0.25, -0.2) is 4.98 Å². The maximum Gasteiger partial charge on any atom is 0.236 e.